The standard InChI is InChI=1S/C22H20N4O3S/c1-3-15(14-7-5-4-6-8-14)21-25-26-19(23)16(20(28)24-22(26)30-21)11-13-9-10-17(27)18(12-13)29-2/h4-12,15H,3,23H2,1-2H3. The average Bonchev–Trinajstić information content (AvgIpc) is 3.17. The summed E-state index contributed by atoms with van der Waals surface area (Å²) in [7, 11) is 1.42. The van der Waals surface area contributed by atoms with Crippen molar-refractivity contribution in [1.29, 1.82) is 0 Å². The van der Waals surface area contributed by atoms with Crippen LogP contribution in [0, 0.1) is 0 Å². The Bertz CT molecular complexity index is 1270. The van der Waals surface area contributed by atoms with Gasteiger partial charge in [0.05, 0.1) is 12.7 Å². The fourth-order valence-corrected chi connectivity index (χ4v) is 4.46. The van der Waals surface area contributed by atoms with Crippen LogP contribution in [0.25, 0.3) is 11.0 Å². The van der Waals surface area contributed by atoms with E-state index in [2.05, 4.69) is 29.1 Å². The molecule has 0 fully saturated rings. The van der Waals surface area contributed by atoms with Crippen LogP contribution in [0.1, 0.15) is 35.4 Å². The van der Waals surface area contributed by atoms with Gasteiger partial charge in [0, 0.05) is 5.92 Å². The lowest BCUT2D eigenvalue weighted by molar-refractivity contribution is -0.114. The summed E-state index contributed by atoms with van der Waals surface area (Å²) < 4.78 is 6.58. The summed E-state index contributed by atoms with van der Waals surface area (Å²) >= 11 is 1.36. The molecule has 1 atom stereocenters. The zero-order chi connectivity index (χ0) is 21.3. The van der Waals surface area contributed by atoms with E-state index in [0.717, 1.165) is 17.0 Å². The maximum absolute atomic E-state index is 12.6. The van der Waals surface area contributed by atoms with Crippen LogP contribution >= 0.6 is 11.3 Å². The SMILES string of the molecule is CCC(c1ccccc1)c1nn2c(N)c(C=C3C=CC(=O)C(OC)=C3)c(=O)nc2s1. The number of hydrogen-bond donors (Lipinski definition) is 1. The van der Waals surface area contributed by atoms with Crippen molar-refractivity contribution < 1.29 is 9.53 Å². The van der Waals surface area contributed by atoms with Gasteiger partial charge in [0.1, 0.15) is 10.8 Å². The molecule has 152 valence electrons. The first-order valence-electron chi connectivity index (χ1n) is 9.45. The number of nitrogens with zero attached hydrogens (tertiary/aromatic N) is 3. The van der Waals surface area contributed by atoms with Gasteiger partial charge < -0.3 is 10.5 Å². The molecule has 2 aromatic heterocycles. The van der Waals surface area contributed by atoms with Gasteiger partial charge in [0.15, 0.2) is 5.76 Å². The molecule has 3 aromatic rings. The molecule has 0 radical (unpaired) electrons. The Hall–Kier alpha value is -3.52. The van der Waals surface area contributed by atoms with Crippen molar-refractivity contribution >= 4 is 34.0 Å². The highest BCUT2D eigenvalue weighted by Gasteiger charge is 2.20. The van der Waals surface area contributed by atoms with Crippen LogP contribution in [-0.4, -0.2) is 27.5 Å². The predicted molar refractivity (Wildman–Crippen MR) is 117 cm³/mol. The molecule has 1 unspecified atom stereocenters. The predicted octanol–water partition coefficient (Wildman–Crippen LogP) is 3.33. The van der Waals surface area contributed by atoms with Crippen LogP contribution in [0.15, 0.2) is 64.7 Å². The van der Waals surface area contributed by atoms with Gasteiger partial charge in [0.25, 0.3) is 5.56 Å². The molecule has 0 amide bonds. The molecule has 4 rings (SSSR count). The molecule has 1 aromatic carbocycles. The van der Waals surface area contributed by atoms with E-state index in [4.69, 9.17) is 10.5 Å². The third-order valence-electron chi connectivity index (χ3n) is 4.91. The van der Waals surface area contributed by atoms with Gasteiger partial charge in [-0.05, 0) is 35.8 Å². The number of nitrogens with two attached hydrogens (primary N) is 1. The highest BCUT2D eigenvalue weighted by molar-refractivity contribution is 7.16. The fourth-order valence-electron chi connectivity index (χ4n) is 3.35. The summed E-state index contributed by atoms with van der Waals surface area (Å²) in [6.45, 7) is 2.09. The Balaban J connectivity index is 1.80. The molecule has 2 heterocycles. The van der Waals surface area contributed by atoms with Gasteiger partial charge in [-0.1, -0.05) is 54.7 Å². The van der Waals surface area contributed by atoms with Crippen molar-refractivity contribution in [2.24, 2.45) is 0 Å². The van der Waals surface area contributed by atoms with E-state index in [1.165, 1.54) is 29.0 Å². The van der Waals surface area contributed by atoms with Crippen LogP contribution in [0.5, 0.6) is 0 Å². The summed E-state index contributed by atoms with van der Waals surface area (Å²) in [6.07, 6.45) is 7.00. The number of methoxy groups -OCH3 is 1. The molecule has 0 saturated carbocycles. The second-order valence-corrected chi connectivity index (χ2v) is 7.76. The summed E-state index contributed by atoms with van der Waals surface area (Å²) in [5.41, 5.74) is 7.85. The van der Waals surface area contributed by atoms with Crippen molar-refractivity contribution in [3.63, 3.8) is 0 Å². The number of anilines is 1. The molecule has 0 spiro atoms. The summed E-state index contributed by atoms with van der Waals surface area (Å²) in [5, 5.41) is 5.51. The van der Waals surface area contributed by atoms with Gasteiger partial charge in [-0.2, -0.15) is 14.6 Å². The van der Waals surface area contributed by atoms with Crippen LogP contribution in [0.2, 0.25) is 0 Å². The van der Waals surface area contributed by atoms with Crippen molar-refractivity contribution in [3.8, 4) is 0 Å². The first kappa shape index (κ1) is 19.8. The summed E-state index contributed by atoms with van der Waals surface area (Å²) in [6, 6.07) is 10.1. The van der Waals surface area contributed by atoms with Crippen molar-refractivity contribution in [3.05, 3.63) is 86.4 Å². The van der Waals surface area contributed by atoms with E-state index in [1.54, 1.807) is 18.2 Å². The Morgan fingerprint density at radius 1 is 1.23 bits per heavy atom. The average molecular weight is 420 g/mol. The molecular weight excluding hydrogens is 400 g/mol. The lowest BCUT2D eigenvalue weighted by atomic mass is 9.97. The number of carbonyl (C=O) groups excluding carboxylic acids is 1. The van der Waals surface area contributed by atoms with Crippen LogP contribution in [0.3, 0.4) is 0 Å². The molecule has 0 bridgehead atoms. The highest BCUT2D eigenvalue weighted by Crippen LogP contribution is 2.31. The summed E-state index contributed by atoms with van der Waals surface area (Å²) in [5.74, 6) is 0.263. The first-order chi connectivity index (χ1) is 14.5. The number of benzene rings is 1. The molecule has 1 aliphatic rings. The maximum atomic E-state index is 12.6. The lowest BCUT2D eigenvalue weighted by Crippen LogP contribution is -2.17. The maximum Gasteiger partial charge on any atom is 0.283 e. The number of ether oxygens (including phenoxy) is 1. The van der Waals surface area contributed by atoms with Gasteiger partial charge in [0.2, 0.25) is 10.7 Å². The first-order valence-corrected chi connectivity index (χ1v) is 10.3. The Morgan fingerprint density at radius 3 is 2.70 bits per heavy atom. The number of nitrogen functional groups attached to an aromatic ring is 1. The molecule has 0 saturated heterocycles. The van der Waals surface area contributed by atoms with E-state index in [-0.39, 0.29) is 28.8 Å². The topological polar surface area (TPSA) is 99.6 Å². The normalized spacial score (nSPS) is 16.1. The second kappa shape index (κ2) is 8.08. The molecule has 1 aliphatic carbocycles. The van der Waals surface area contributed by atoms with Crippen molar-refractivity contribution in [2.75, 3.05) is 12.8 Å². The molecular formula is C22H20N4O3S. The van der Waals surface area contributed by atoms with Gasteiger partial charge in [-0.3, -0.25) is 9.59 Å². The van der Waals surface area contributed by atoms with Crippen LogP contribution in [0.4, 0.5) is 5.82 Å². The Kier molecular flexibility index (Phi) is 5.33. The third-order valence-corrected chi connectivity index (χ3v) is 5.94. The largest absolute Gasteiger partial charge is 0.493 e. The minimum Gasteiger partial charge on any atom is -0.493 e. The smallest absolute Gasteiger partial charge is 0.283 e. The Labute approximate surface area is 176 Å². The molecule has 8 heteroatoms. The zero-order valence-electron chi connectivity index (χ0n) is 16.5. The second-order valence-electron chi connectivity index (χ2n) is 6.78. The van der Waals surface area contributed by atoms with Crippen LogP contribution in [-0.2, 0) is 9.53 Å². The number of allylic oxidation sites excluding steroid dienone is 4. The monoisotopic (exact) mass is 420 g/mol. The van der Waals surface area contributed by atoms with Crippen LogP contribution < -0.4 is 11.3 Å². The summed E-state index contributed by atoms with van der Waals surface area (Å²) in [4.78, 5) is 29.0. The molecule has 2 N–H and O–H groups in total. The minimum atomic E-state index is -0.444. The van der Waals surface area contributed by atoms with Gasteiger partial charge in [-0.15, -0.1) is 0 Å². The lowest BCUT2D eigenvalue weighted by Gasteiger charge is -2.11. The number of fused-ring (bicyclic) bond motifs is 1. The van der Waals surface area contributed by atoms with E-state index >= 15 is 0 Å². The quantitative estimate of drug-likeness (QED) is 0.680. The van der Waals surface area contributed by atoms with Gasteiger partial charge >= 0.3 is 0 Å². The number of rotatable bonds is 5. The molecule has 7 nitrogen and oxygen atoms in total. The van der Waals surface area contributed by atoms with Crippen molar-refractivity contribution in [1.82, 2.24) is 14.6 Å². The van der Waals surface area contributed by atoms with E-state index in [1.807, 2.05) is 18.2 Å². The fraction of sp³-hybridized carbons (Fsp3) is 0.182. The third kappa shape index (κ3) is 3.57. The van der Waals surface area contributed by atoms with E-state index in [9.17, 15) is 9.59 Å². The zero-order valence-corrected chi connectivity index (χ0v) is 17.3. The van der Waals surface area contributed by atoms with E-state index in [0.29, 0.717) is 10.5 Å². The number of carbonyl (C=O) groups is 1. The number of ketones is 1. The number of aromatic nitrogens is 3. The highest BCUT2D eigenvalue weighted by atomic mass is 32.1. The Morgan fingerprint density at radius 2 is 2.00 bits per heavy atom. The number of hydrogen-bond acceptors (Lipinski definition) is 7. The van der Waals surface area contributed by atoms with Crippen molar-refractivity contribution in [2.45, 2.75) is 19.3 Å². The van der Waals surface area contributed by atoms with E-state index < -0.39 is 5.56 Å². The van der Waals surface area contributed by atoms with Gasteiger partial charge in [-0.25, -0.2) is 0 Å². The molecule has 0 aliphatic heterocycles. The molecule has 30 heavy (non-hydrogen) atoms. The minimum absolute atomic E-state index is 0.0914.